The van der Waals surface area contributed by atoms with E-state index in [0.29, 0.717) is 32.2 Å². The van der Waals surface area contributed by atoms with Gasteiger partial charge in [-0.25, -0.2) is 4.98 Å². The maximum absolute atomic E-state index is 13.3. The molecule has 0 saturated carbocycles. The molecule has 2 N–H and O–H groups in total. The first-order valence-corrected chi connectivity index (χ1v) is 13.2. The van der Waals surface area contributed by atoms with E-state index in [2.05, 4.69) is 27.0 Å². The Kier molecular flexibility index (Phi) is 9.23. The van der Waals surface area contributed by atoms with Gasteiger partial charge in [0.15, 0.2) is 0 Å². The molecule has 0 unspecified atom stereocenters. The third kappa shape index (κ3) is 7.12. The molecule has 2 aliphatic heterocycles. The average Bonchev–Trinajstić information content (AvgIpc) is 2.92. The Hall–Kier alpha value is -2.88. The van der Waals surface area contributed by atoms with Gasteiger partial charge in [0.05, 0.1) is 23.4 Å². The van der Waals surface area contributed by atoms with Crippen molar-refractivity contribution < 1.29 is 24.5 Å². The zero-order chi connectivity index (χ0) is 26.3. The zero-order valence-electron chi connectivity index (χ0n) is 21.6. The molecule has 2 fully saturated rings. The number of likely N-dealkylation sites (tertiary alicyclic amines) is 1. The van der Waals surface area contributed by atoms with Crippen LogP contribution in [-0.2, 0) is 16.1 Å². The van der Waals surface area contributed by atoms with Crippen LogP contribution in [0.5, 0.6) is 0 Å². The summed E-state index contributed by atoms with van der Waals surface area (Å²) >= 11 is 0. The van der Waals surface area contributed by atoms with Crippen molar-refractivity contribution in [1.29, 1.82) is 0 Å². The van der Waals surface area contributed by atoms with Crippen LogP contribution in [0.3, 0.4) is 0 Å². The smallest absolute Gasteiger partial charge is 0.312 e. The SMILES string of the molecule is Cc1cnc(C(=O)N2CCCCC3(CCN(Cc4ccccc4)CC3)C(=O)OC[C@@H](O)[C@@H](O)CC2)cn1. The molecule has 0 aliphatic carbocycles. The lowest BCUT2D eigenvalue weighted by molar-refractivity contribution is -0.165. The van der Waals surface area contributed by atoms with E-state index in [9.17, 15) is 19.8 Å². The number of piperidine rings is 1. The normalized spacial score (nSPS) is 24.0. The van der Waals surface area contributed by atoms with Gasteiger partial charge in [-0.2, -0.15) is 0 Å². The summed E-state index contributed by atoms with van der Waals surface area (Å²) in [6.45, 7) is 4.70. The Balaban J connectivity index is 1.43. The minimum absolute atomic E-state index is 0.170. The molecule has 3 heterocycles. The highest BCUT2D eigenvalue weighted by atomic mass is 16.5. The Morgan fingerprint density at radius 2 is 1.76 bits per heavy atom. The topological polar surface area (TPSA) is 116 Å². The van der Waals surface area contributed by atoms with Gasteiger partial charge >= 0.3 is 5.97 Å². The molecule has 2 aromatic rings. The van der Waals surface area contributed by atoms with E-state index in [-0.39, 0.29) is 37.1 Å². The first kappa shape index (κ1) is 27.2. The number of ether oxygens (including phenoxy) is 1. The van der Waals surface area contributed by atoms with Gasteiger partial charge in [-0.3, -0.25) is 19.5 Å². The number of esters is 1. The highest BCUT2D eigenvalue weighted by Gasteiger charge is 2.42. The number of aliphatic hydroxyl groups excluding tert-OH is 2. The number of cyclic esters (lactones) is 1. The maximum Gasteiger partial charge on any atom is 0.312 e. The molecule has 4 rings (SSSR count). The third-order valence-electron chi connectivity index (χ3n) is 7.64. The van der Waals surface area contributed by atoms with Crippen molar-refractivity contribution in [3.8, 4) is 0 Å². The number of aryl methyl sites for hydroxylation is 1. The van der Waals surface area contributed by atoms with Crippen LogP contribution in [0.15, 0.2) is 42.7 Å². The molecule has 2 saturated heterocycles. The monoisotopic (exact) mass is 510 g/mol. The Bertz CT molecular complexity index is 1020. The number of aromatic nitrogens is 2. The molecule has 2 atom stereocenters. The molecule has 37 heavy (non-hydrogen) atoms. The van der Waals surface area contributed by atoms with Crippen LogP contribution in [0.1, 0.15) is 60.3 Å². The molecule has 9 heteroatoms. The molecule has 0 radical (unpaired) electrons. The number of carbonyl (C=O) groups is 2. The van der Waals surface area contributed by atoms with Crippen LogP contribution in [0.4, 0.5) is 0 Å². The van der Waals surface area contributed by atoms with Crippen molar-refractivity contribution in [2.24, 2.45) is 5.41 Å². The maximum atomic E-state index is 13.3. The molecular weight excluding hydrogens is 472 g/mol. The largest absolute Gasteiger partial charge is 0.462 e. The van der Waals surface area contributed by atoms with Crippen molar-refractivity contribution in [1.82, 2.24) is 19.8 Å². The number of nitrogens with zero attached hydrogens (tertiary/aromatic N) is 4. The Morgan fingerprint density at radius 3 is 2.46 bits per heavy atom. The number of hydrogen-bond donors (Lipinski definition) is 2. The second-order valence-electron chi connectivity index (χ2n) is 10.4. The first-order valence-electron chi connectivity index (χ1n) is 13.2. The van der Waals surface area contributed by atoms with Gasteiger partial charge < -0.3 is 19.8 Å². The van der Waals surface area contributed by atoms with Crippen LogP contribution in [0, 0.1) is 12.3 Å². The van der Waals surface area contributed by atoms with Gasteiger partial charge in [-0.1, -0.05) is 36.8 Å². The predicted molar refractivity (Wildman–Crippen MR) is 137 cm³/mol. The fourth-order valence-electron chi connectivity index (χ4n) is 5.19. The van der Waals surface area contributed by atoms with Crippen LogP contribution in [0.2, 0.25) is 0 Å². The minimum Gasteiger partial charge on any atom is -0.462 e. The number of rotatable bonds is 3. The van der Waals surface area contributed by atoms with Crippen molar-refractivity contribution in [2.75, 3.05) is 32.8 Å². The summed E-state index contributed by atoms with van der Waals surface area (Å²) in [5.41, 5.74) is 1.61. The number of hydrogen-bond acceptors (Lipinski definition) is 8. The van der Waals surface area contributed by atoms with E-state index in [1.165, 1.54) is 11.8 Å². The van der Waals surface area contributed by atoms with Crippen molar-refractivity contribution in [3.05, 3.63) is 59.7 Å². The van der Waals surface area contributed by atoms with E-state index in [1.54, 1.807) is 11.1 Å². The quantitative estimate of drug-likeness (QED) is 0.605. The standard InChI is InChI=1S/C28H38N4O5/c1-21-17-30-23(18-29-21)26(35)32-13-6-5-10-28(27(36)37-20-25(34)24(33)9-14-32)11-15-31(16-12-28)19-22-7-3-2-4-8-22/h2-4,7-8,17-18,24-25,33-34H,5-6,9-16,19-20H2,1H3/t24-,25+/m0/s1. The van der Waals surface area contributed by atoms with E-state index in [0.717, 1.165) is 31.7 Å². The summed E-state index contributed by atoms with van der Waals surface area (Å²) in [6.07, 6.45) is 4.37. The highest BCUT2D eigenvalue weighted by molar-refractivity contribution is 5.92. The number of carbonyl (C=O) groups excluding carboxylic acids is 2. The molecule has 1 aromatic heterocycles. The van der Waals surface area contributed by atoms with Crippen LogP contribution < -0.4 is 0 Å². The summed E-state index contributed by atoms with van der Waals surface area (Å²) in [4.78, 5) is 38.8. The van der Waals surface area contributed by atoms with Gasteiger partial charge in [0.1, 0.15) is 18.4 Å². The summed E-state index contributed by atoms with van der Waals surface area (Å²) in [5, 5.41) is 20.9. The van der Waals surface area contributed by atoms with Crippen LogP contribution in [0.25, 0.3) is 0 Å². The predicted octanol–water partition coefficient (Wildman–Crippen LogP) is 2.35. The molecule has 200 valence electrons. The minimum atomic E-state index is -1.21. The fourth-order valence-corrected chi connectivity index (χ4v) is 5.19. The van der Waals surface area contributed by atoms with Gasteiger partial charge in [0.25, 0.3) is 5.91 Å². The van der Waals surface area contributed by atoms with E-state index in [4.69, 9.17) is 4.74 Å². The zero-order valence-corrected chi connectivity index (χ0v) is 21.6. The summed E-state index contributed by atoms with van der Waals surface area (Å²) in [6, 6.07) is 10.3. The second kappa shape index (κ2) is 12.6. The summed E-state index contributed by atoms with van der Waals surface area (Å²) in [7, 11) is 0. The van der Waals surface area contributed by atoms with E-state index < -0.39 is 17.6 Å². The third-order valence-corrected chi connectivity index (χ3v) is 7.64. The molecule has 1 aromatic carbocycles. The molecule has 2 aliphatic rings. The lowest BCUT2D eigenvalue weighted by atomic mass is 9.74. The van der Waals surface area contributed by atoms with Gasteiger partial charge in [0, 0.05) is 25.8 Å². The van der Waals surface area contributed by atoms with E-state index in [1.807, 2.05) is 25.1 Å². The van der Waals surface area contributed by atoms with Gasteiger partial charge in [-0.15, -0.1) is 0 Å². The molecule has 1 spiro atoms. The number of benzene rings is 1. The van der Waals surface area contributed by atoms with Crippen molar-refractivity contribution in [3.63, 3.8) is 0 Å². The molecule has 1 amide bonds. The summed E-state index contributed by atoms with van der Waals surface area (Å²) in [5.74, 6) is -0.541. The van der Waals surface area contributed by atoms with Crippen molar-refractivity contribution in [2.45, 2.75) is 64.2 Å². The molecule has 9 nitrogen and oxygen atoms in total. The lowest BCUT2D eigenvalue weighted by Gasteiger charge is -2.40. The molecular formula is C28H38N4O5. The molecule has 0 bridgehead atoms. The highest BCUT2D eigenvalue weighted by Crippen LogP contribution is 2.38. The average molecular weight is 511 g/mol. The number of amides is 1. The van der Waals surface area contributed by atoms with Crippen LogP contribution in [-0.4, -0.2) is 86.9 Å². The Morgan fingerprint density at radius 1 is 1.00 bits per heavy atom. The number of aliphatic hydroxyl groups is 2. The van der Waals surface area contributed by atoms with E-state index >= 15 is 0 Å². The Labute approximate surface area is 218 Å². The summed E-state index contributed by atoms with van der Waals surface area (Å²) < 4.78 is 5.57. The fraction of sp³-hybridized carbons (Fsp3) is 0.571. The first-order chi connectivity index (χ1) is 17.9. The van der Waals surface area contributed by atoms with Gasteiger partial charge in [-0.05, 0) is 57.7 Å². The second-order valence-corrected chi connectivity index (χ2v) is 10.4. The lowest BCUT2D eigenvalue weighted by Crippen LogP contribution is -2.45. The van der Waals surface area contributed by atoms with Crippen molar-refractivity contribution >= 4 is 11.9 Å². The van der Waals surface area contributed by atoms with Gasteiger partial charge in [0.2, 0.25) is 0 Å². The van der Waals surface area contributed by atoms with Crippen LogP contribution >= 0.6 is 0 Å².